The number of rotatable bonds is 3. The van der Waals surface area contributed by atoms with E-state index in [-0.39, 0.29) is 4.99 Å². The first kappa shape index (κ1) is 13.8. The lowest BCUT2D eigenvalue weighted by Gasteiger charge is -2.13. The summed E-state index contributed by atoms with van der Waals surface area (Å²) in [5.74, 6) is 1.27. The number of nitrogens with two attached hydrogens (primary N) is 1. The smallest absolute Gasteiger partial charge is 0.148 e. The maximum atomic E-state index is 5.97. The molecule has 3 rings (SSSR count). The molecule has 2 aromatic carbocycles. The minimum atomic E-state index is 0.247. The Bertz CT molecular complexity index is 818. The van der Waals surface area contributed by atoms with Gasteiger partial charge in [0.25, 0.3) is 0 Å². The minimum absolute atomic E-state index is 0.247. The van der Waals surface area contributed by atoms with Crippen molar-refractivity contribution in [2.45, 2.75) is 0 Å². The third kappa shape index (κ3) is 2.82. The molecule has 1 aromatic heterocycles. The highest BCUT2D eigenvalue weighted by atomic mass is 35.5. The van der Waals surface area contributed by atoms with E-state index >= 15 is 0 Å². The summed E-state index contributed by atoms with van der Waals surface area (Å²) in [5.41, 5.74) is 7.20. The van der Waals surface area contributed by atoms with Crippen molar-refractivity contribution in [3.05, 3.63) is 65.3 Å². The van der Waals surface area contributed by atoms with E-state index in [1.54, 1.807) is 30.5 Å². The monoisotopic (exact) mass is 314 g/mol. The summed E-state index contributed by atoms with van der Waals surface area (Å²) in [6.07, 6.45) is 1.63. The molecule has 0 aliphatic carbocycles. The van der Waals surface area contributed by atoms with Crippen LogP contribution in [0.3, 0.4) is 0 Å². The number of pyridine rings is 1. The third-order valence-electron chi connectivity index (χ3n) is 3.03. The van der Waals surface area contributed by atoms with E-state index in [1.165, 1.54) is 0 Å². The van der Waals surface area contributed by atoms with E-state index in [4.69, 9.17) is 34.3 Å². The fourth-order valence-corrected chi connectivity index (χ4v) is 2.29. The van der Waals surface area contributed by atoms with Gasteiger partial charge in [0.2, 0.25) is 0 Å². The zero-order valence-electron chi connectivity index (χ0n) is 10.9. The lowest BCUT2D eigenvalue weighted by molar-refractivity contribution is 0.487. The molecule has 0 saturated heterocycles. The van der Waals surface area contributed by atoms with Crippen LogP contribution in [0, 0.1) is 0 Å². The summed E-state index contributed by atoms with van der Waals surface area (Å²) in [6.45, 7) is 0. The number of ether oxygens (including phenoxy) is 1. The van der Waals surface area contributed by atoms with Crippen molar-refractivity contribution < 1.29 is 4.74 Å². The van der Waals surface area contributed by atoms with Gasteiger partial charge in [0, 0.05) is 16.6 Å². The van der Waals surface area contributed by atoms with Gasteiger partial charge in [-0.25, -0.2) is 0 Å². The fraction of sp³-hybridized carbons (Fsp3) is 0. The summed E-state index contributed by atoms with van der Waals surface area (Å²) in [5, 5.41) is 1.51. The summed E-state index contributed by atoms with van der Waals surface area (Å²) < 4.78 is 5.97. The van der Waals surface area contributed by atoms with E-state index in [9.17, 15) is 0 Å². The molecule has 0 aliphatic heterocycles. The van der Waals surface area contributed by atoms with Crippen LogP contribution in [0.25, 0.3) is 10.9 Å². The molecule has 0 aliphatic rings. The number of para-hydroxylation sites is 1. The highest BCUT2D eigenvalue weighted by Crippen LogP contribution is 2.32. The predicted octanol–water partition coefficient (Wildman–Crippen LogP) is 4.31. The molecule has 3 nitrogen and oxygen atoms in total. The van der Waals surface area contributed by atoms with Crippen LogP contribution in [0.1, 0.15) is 5.56 Å². The Balaban J connectivity index is 2.16. The number of benzene rings is 2. The second kappa shape index (κ2) is 5.68. The summed E-state index contributed by atoms with van der Waals surface area (Å²) >= 11 is 11.0. The molecular formula is C16H11ClN2OS. The van der Waals surface area contributed by atoms with Gasteiger partial charge in [-0.1, -0.05) is 36.0 Å². The molecule has 0 spiro atoms. The summed E-state index contributed by atoms with van der Waals surface area (Å²) in [7, 11) is 0. The SMILES string of the molecule is NC(=S)c1cnc2ccccc2c1Oc1ccc(Cl)cc1. The molecule has 0 bridgehead atoms. The topological polar surface area (TPSA) is 48.1 Å². The minimum Gasteiger partial charge on any atom is -0.456 e. The average molecular weight is 315 g/mol. The van der Waals surface area contributed by atoms with Crippen molar-refractivity contribution in [1.29, 1.82) is 0 Å². The van der Waals surface area contributed by atoms with Crippen molar-refractivity contribution in [2.75, 3.05) is 0 Å². The first-order valence-corrected chi connectivity index (χ1v) is 7.05. The van der Waals surface area contributed by atoms with Crippen LogP contribution in [0.4, 0.5) is 0 Å². The second-order valence-electron chi connectivity index (χ2n) is 4.44. The zero-order valence-corrected chi connectivity index (χ0v) is 12.5. The van der Waals surface area contributed by atoms with Gasteiger partial charge in [-0.3, -0.25) is 4.98 Å². The number of hydrogen-bond acceptors (Lipinski definition) is 3. The Morgan fingerprint density at radius 3 is 2.52 bits per heavy atom. The molecular weight excluding hydrogens is 304 g/mol. The van der Waals surface area contributed by atoms with Crippen LogP contribution in [0.5, 0.6) is 11.5 Å². The van der Waals surface area contributed by atoms with Crippen LogP contribution in [-0.4, -0.2) is 9.97 Å². The zero-order chi connectivity index (χ0) is 14.8. The lowest BCUT2D eigenvalue weighted by atomic mass is 10.1. The van der Waals surface area contributed by atoms with Crippen LogP contribution in [0.15, 0.2) is 54.7 Å². The highest BCUT2D eigenvalue weighted by Gasteiger charge is 2.13. The molecule has 3 aromatic rings. The van der Waals surface area contributed by atoms with Crippen molar-refractivity contribution in [3.8, 4) is 11.5 Å². The number of aromatic nitrogens is 1. The van der Waals surface area contributed by atoms with Gasteiger partial charge in [-0.2, -0.15) is 0 Å². The largest absolute Gasteiger partial charge is 0.456 e. The Labute approximate surface area is 132 Å². The maximum Gasteiger partial charge on any atom is 0.148 e. The van der Waals surface area contributed by atoms with Crippen molar-refractivity contribution >= 4 is 39.7 Å². The van der Waals surface area contributed by atoms with E-state index in [1.807, 2.05) is 24.3 Å². The average Bonchev–Trinajstić information content (AvgIpc) is 2.49. The normalized spacial score (nSPS) is 10.5. The van der Waals surface area contributed by atoms with Gasteiger partial charge in [-0.15, -0.1) is 0 Å². The molecule has 0 fully saturated rings. The van der Waals surface area contributed by atoms with Gasteiger partial charge in [0.05, 0.1) is 11.1 Å². The number of nitrogens with zero attached hydrogens (tertiary/aromatic N) is 1. The van der Waals surface area contributed by atoms with Crippen LogP contribution in [0.2, 0.25) is 5.02 Å². The maximum absolute atomic E-state index is 5.97. The first-order valence-electron chi connectivity index (χ1n) is 6.26. The van der Waals surface area contributed by atoms with Crippen molar-refractivity contribution in [1.82, 2.24) is 4.98 Å². The lowest BCUT2D eigenvalue weighted by Crippen LogP contribution is -2.11. The molecule has 21 heavy (non-hydrogen) atoms. The van der Waals surface area contributed by atoms with Gasteiger partial charge >= 0.3 is 0 Å². The number of hydrogen-bond donors (Lipinski definition) is 1. The van der Waals surface area contributed by atoms with Crippen LogP contribution in [-0.2, 0) is 0 Å². The Kier molecular flexibility index (Phi) is 3.73. The quantitative estimate of drug-likeness (QED) is 0.732. The predicted molar refractivity (Wildman–Crippen MR) is 89.2 cm³/mol. The molecule has 0 radical (unpaired) electrons. The third-order valence-corrected chi connectivity index (χ3v) is 3.50. The highest BCUT2D eigenvalue weighted by molar-refractivity contribution is 7.80. The van der Waals surface area contributed by atoms with E-state index in [0.717, 1.165) is 10.9 Å². The summed E-state index contributed by atoms with van der Waals surface area (Å²) in [4.78, 5) is 4.60. The van der Waals surface area contributed by atoms with Gasteiger partial charge in [0.15, 0.2) is 0 Å². The standard InChI is InChI=1S/C16H11ClN2OS/c17-10-5-7-11(8-6-10)20-15-12-3-1-2-4-14(12)19-9-13(15)16(18)21/h1-9H,(H2,18,21). The van der Waals surface area contributed by atoms with Gasteiger partial charge in [-0.05, 0) is 36.4 Å². The Morgan fingerprint density at radius 2 is 1.81 bits per heavy atom. The first-order chi connectivity index (χ1) is 10.1. The number of fused-ring (bicyclic) bond motifs is 1. The fourth-order valence-electron chi connectivity index (χ4n) is 2.02. The molecule has 0 amide bonds. The molecule has 104 valence electrons. The number of halogens is 1. The van der Waals surface area contributed by atoms with E-state index in [0.29, 0.717) is 22.1 Å². The van der Waals surface area contributed by atoms with Gasteiger partial charge < -0.3 is 10.5 Å². The number of thiocarbonyl (C=S) groups is 1. The molecule has 0 saturated carbocycles. The summed E-state index contributed by atoms with van der Waals surface area (Å²) in [6, 6.07) is 14.8. The Morgan fingerprint density at radius 1 is 1.10 bits per heavy atom. The van der Waals surface area contributed by atoms with E-state index in [2.05, 4.69) is 4.98 Å². The van der Waals surface area contributed by atoms with Crippen molar-refractivity contribution in [2.24, 2.45) is 5.73 Å². The van der Waals surface area contributed by atoms with Gasteiger partial charge in [0.1, 0.15) is 16.5 Å². The van der Waals surface area contributed by atoms with Crippen molar-refractivity contribution in [3.63, 3.8) is 0 Å². The van der Waals surface area contributed by atoms with Crippen LogP contribution >= 0.6 is 23.8 Å². The molecule has 0 unspecified atom stereocenters. The molecule has 2 N–H and O–H groups in total. The molecule has 5 heteroatoms. The van der Waals surface area contributed by atoms with Crippen LogP contribution < -0.4 is 10.5 Å². The molecule has 1 heterocycles. The second-order valence-corrected chi connectivity index (χ2v) is 5.31. The Hall–Kier alpha value is -2.17. The van der Waals surface area contributed by atoms with E-state index < -0.39 is 0 Å². The molecule has 0 atom stereocenters.